The molecule has 0 bridgehead atoms. The Bertz CT molecular complexity index is 1380. The molecule has 0 saturated heterocycles. The van der Waals surface area contributed by atoms with Crippen molar-refractivity contribution in [1.29, 1.82) is 0 Å². The minimum atomic E-state index is -5.15. The summed E-state index contributed by atoms with van der Waals surface area (Å²) >= 11 is 6.11. The number of Topliss-reactive ketones (excluding diaryl/α,β-unsaturated/α-hetero) is 1. The van der Waals surface area contributed by atoms with Crippen molar-refractivity contribution in [3.63, 3.8) is 0 Å². The molecular weight excluding hydrogens is 599 g/mol. The number of rotatable bonds is 10. The van der Waals surface area contributed by atoms with Gasteiger partial charge in [0.2, 0.25) is 0 Å². The van der Waals surface area contributed by atoms with E-state index in [-0.39, 0.29) is 54.1 Å². The summed E-state index contributed by atoms with van der Waals surface area (Å²) in [6.45, 7) is 0.285. The smallest absolute Gasteiger partial charge is 0.433 e. The fourth-order valence-electron chi connectivity index (χ4n) is 4.81. The van der Waals surface area contributed by atoms with Crippen molar-refractivity contribution in [2.75, 3.05) is 18.9 Å². The topological polar surface area (TPSA) is 128 Å². The lowest BCUT2D eigenvalue weighted by Crippen LogP contribution is -2.41. The number of alkyl halides is 3. The van der Waals surface area contributed by atoms with Crippen LogP contribution in [0.3, 0.4) is 0 Å². The lowest BCUT2D eigenvalue weighted by molar-refractivity contribution is -0.149. The SMILES string of the molecule is CCOC(=O)C1CCC(N=C(C(=CN)C(=O)N(CC(=O)c2c(N)cccc2Cl)Cc2cc(F)cc(F)c2)C(F)(F)F)CC1. The number of anilines is 1. The summed E-state index contributed by atoms with van der Waals surface area (Å²) < 4.78 is 75.9. The van der Waals surface area contributed by atoms with E-state index in [4.69, 9.17) is 27.8 Å². The number of amides is 1. The fourth-order valence-corrected chi connectivity index (χ4v) is 5.10. The van der Waals surface area contributed by atoms with Crippen LogP contribution in [0.15, 0.2) is 53.2 Å². The van der Waals surface area contributed by atoms with Gasteiger partial charge in [0.25, 0.3) is 5.91 Å². The second kappa shape index (κ2) is 14.5. The molecule has 2 aromatic carbocycles. The van der Waals surface area contributed by atoms with Crippen LogP contribution in [0.4, 0.5) is 27.6 Å². The molecule has 0 atom stereocenters. The molecule has 0 radical (unpaired) electrons. The molecule has 0 aliphatic heterocycles. The van der Waals surface area contributed by atoms with E-state index in [0.717, 1.165) is 12.1 Å². The van der Waals surface area contributed by atoms with Crippen molar-refractivity contribution in [2.24, 2.45) is 16.6 Å². The molecule has 1 saturated carbocycles. The number of esters is 1. The zero-order valence-corrected chi connectivity index (χ0v) is 23.9. The molecule has 8 nitrogen and oxygen atoms in total. The number of ketones is 1. The summed E-state index contributed by atoms with van der Waals surface area (Å²) in [7, 11) is 0. The van der Waals surface area contributed by atoms with Crippen LogP contribution in [-0.2, 0) is 20.9 Å². The Morgan fingerprint density at radius 3 is 2.26 bits per heavy atom. The minimum absolute atomic E-state index is 0.0488. The molecule has 0 spiro atoms. The highest BCUT2D eigenvalue weighted by atomic mass is 35.5. The molecule has 1 amide bonds. The van der Waals surface area contributed by atoms with E-state index < -0.39 is 71.8 Å². The molecule has 2 aromatic rings. The van der Waals surface area contributed by atoms with Gasteiger partial charge < -0.3 is 21.1 Å². The van der Waals surface area contributed by atoms with Gasteiger partial charge in [-0.15, -0.1) is 0 Å². The molecule has 0 heterocycles. The van der Waals surface area contributed by atoms with Crippen molar-refractivity contribution in [3.05, 3.63) is 76.0 Å². The van der Waals surface area contributed by atoms with Crippen LogP contribution >= 0.6 is 11.6 Å². The number of hydrogen-bond donors (Lipinski definition) is 2. The number of benzene rings is 2. The number of nitrogens with zero attached hydrogens (tertiary/aromatic N) is 2. The molecule has 1 aliphatic rings. The molecule has 4 N–H and O–H groups in total. The zero-order valence-electron chi connectivity index (χ0n) is 23.1. The predicted molar refractivity (Wildman–Crippen MR) is 150 cm³/mol. The van der Waals surface area contributed by atoms with Gasteiger partial charge in [-0.05, 0) is 62.4 Å². The van der Waals surface area contributed by atoms with Gasteiger partial charge in [-0.1, -0.05) is 17.7 Å². The highest BCUT2D eigenvalue weighted by Gasteiger charge is 2.43. The van der Waals surface area contributed by atoms with Gasteiger partial charge in [-0.2, -0.15) is 13.2 Å². The Morgan fingerprint density at radius 2 is 1.72 bits per heavy atom. The molecule has 1 fully saturated rings. The fraction of sp³-hybridized carbons (Fsp3) is 0.379. The molecule has 0 unspecified atom stereocenters. The molecule has 14 heteroatoms. The van der Waals surface area contributed by atoms with Crippen LogP contribution in [0.1, 0.15) is 48.5 Å². The van der Waals surface area contributed by atoms with E-state index in [1.807, 2.05) is 0 Å². The number of halogens is 6. The van der Waals surface area contributed by atoms with Crippen LogP contribution < -0.4 is 11.5 Å². The van der Waals surface area contributed by atoms with Crippen LogP contribution in [0.2, 0.25) is 5.02 Å². The number of carbonyl (C=O) groups excluding carboxylic acids is 3. The van der Waals surface area contributed by atoms with Gasteiger partial charge in [0.15, 0.2) is 11.5 Å². The third-order valence-electron chi connectivity index (χ3n) is 6.79. The van der Waals surface area contributed by atoms with E-state index in [1.54, 1.807) is 6.92 Å². The van der Waals surface area contributed by atoms with Gasteiger partial charge in [-0.3, -0.25) is 19.4 Å². The number of hydrogen-bond acceptors (Lipinski definition) is 7. The predicted octanol–water partition coefficient (Wildman–Crippen LogP) is 5.38. The molecule has 232 valence electrons. The van der Waals surface area contributed by atoms with E-state index in [0.29, 0.717) is 17.2 Å². The Labute approximate surface area is 249 Å². The first-order valence-electron chi connectivity index (χ1n) is 13.3. The summed E-state index contributed by atoms with van der Waals surface area (Å²) in [6, 6.07) is 5.60. The van der Waals surface area contributed by atoms with Gasteiger partial charge in [0.05, 0.1) is 41.3 Å². The maximum absolute atomic E-state index is 14.3. The highest BCUT2D eigenvalue weighted by molar-refractivity contribution is 6.35. The quantitative estimate of drug-likeness (QED) is 0.0908. The Morgan fingerprint density at radius 1 is 1.09 bits per heavy atom. The van der Waals surface area contributed by atoms with Crippen molar-refractivity contribution in [2.45, 2.75) is 51.4 Å². The number of ether oxygens (including phenoxy) is 1. The van der Waals surface area contributed by atoms with Crippen molar-refractivity contribution in [1.82, 2.24) is 4.90 Å². The van der Waals surface area contributed by atoms with Crippen LogP contribution in [-0.4, -0.2) is 53.6 Å². The second-order valence-corrected chi connectivity index (χ2v) is 10.3. The monoisotopic (exact) mass is 628 g/mol. The average Bonchev–Trinajstić information content (AvgIpc) is 2.91. The first kappa shape index (κ1) is 33.5. The molecule has 3 rings (SSSR count). The Balaban J connectivity index is 1.97. The first-order chi connectivity index (χ1) is 20.2. The van der Waals surface area contributed by atoms with Gasteiger partial charge in [0.1, 0.15) is 11.6 Å². The Kier molecular flexibility index (Phi) is 11.3. The number of aliphatic imine (C=N–C) groups is 1. The second-order valence-electron chi connectivity index (χ2n) is 9.88. The average molecular weight is 629 g/mol. The minimum Gasteiger partial charge on any atom is -0.466 e. The van der Waals surface area contributed by atoms with Crippen LogP contribution in [0, 0.1) is 17.6 Å². The lowest BCUT2D eigenvalue weighted by atomic mass is 9.86. The van der Waals surface area contributed by atoms with E-state index >= 15 is 0 Å². The van der Waals surface area contributed by atoms with Gasteiger partial charge in [-0.25, -0.2) is 8.78 Å². The van der Waals surface area contributed by atoms with Gasteiger partial charge >= 0.3 is 12.1 Å². The highest BCUT2D eigenvalue weighted by Crippen LogP contribution is 2.31. The van der Waals surface area contributed by atoms with Crippen LogP contribution in [0.5, 0.6) is 0 Å². The summed E-state index contributed by atoms with van der Waals surface area (Å²) in [5.41, 5.74) is 8.38. The largest absolute Gasteiger partial charge is 0.466 e. The Hall–Kier alpha value is -4.00. The third kappa shape index (κ3) is 8.76. The number of nitrogens with two attached hydrogens (primary N) is 2. The standard InChI is InChI=1S/C29H30ClF5N4O4/c1-2-43-28(42)17-6-8-20(9-7-17)38-26(29(33,34)35)21(13-36)27(41)39(14-16-10-18(31)12-19(32)11-16)15-24(40)25-22(30)4-3-5-23(25)37/h3-5,10-13,17,20H,2,6-9,14-15,36-37H2,1H3. The van der Waals surface area contributed by atoms with Crippen molar-refractivity contribution >= 4 is 40.7 Å². The van der Waals surface area contributed by atoms with E-state index in [1.165, 1.54) is 18.2 Å². The first-order valence-corrected chi connectivity index (χ1v) is 13.7. The van der Waals surface area contributed by atoms with Gasteiger partial charge in [0, 0.05) is 24.5 Å². The van der Waals surface area contributed by atoms with E-state index in [2.05, 4.69) is 4.99 Å². The van der Waals surface area contributed by atoms with E-state index in [9.17, 15) is 36.3 Å². The molecule has 0 aromatic heterocycles. The number of carbonyl (C=O) groups is 3. The lowest BCUT2D eigenvalue weighted by Gasteiger charge is -2.27. The van der Waals surface area contributed by atoms with Crippen molar-refractivity contribution in [3.8, 4) is 0 Å². The molecular formula is C29H30ClF5N4O4. The third-order valence-corrected chi connectivity index (χ3v) is 7.11. The number of nitrogen functional groups attached to an aromatic ring is 1. The summed E-state index contributed by atoms with van der Waals surface area (Å²) in [6.07, 6.45) is -4.02. The summed E-state index contributed by atoms with van der Waals surface area (Å²) in [4.78, 5) is 43.4. The zero-order chi connectivity index (χ0) is 31.9. The molecule has 1 aliphatic carbocycles. The maximum Gasteiger partial charge on any atom is 0.433 e. The van der Waals surface area contributed by atoms with Crippen molar-refractivity contribution < 1.29 is 41.1 Å². The van der Waals surface area contributed by atoms with Crippen LogP contribution in [0.25, 0.3) is 0 Å². The summed E-state index contributed by atoms with van der Waals surface area (Å²) in [5, 5.41) is -0.0697. The normalized spacial score (nSPS) is 17.8. The molecule has 43 heavy (non-hydrogen) atoms. The summed E-state index contributed by atoms with van der Waals surface area (Å²) in [5.74, 6) is -5.14. The maximum atomic E-state index is 14.3.